The summed E-state index contributed by atoms with van der Waals surface area (Å²) in [7, 11) is 1.85. The molecule has 1 fully saturated rings. The van der Waals surface area contributed by atoms with Crippen LogP contribution in [-0.2, 0) is 11.4 Å². The smallest absolute Gasteiger partial charge is 0.241 e. The summed E-state index contributed by atoms with van der Waals surface area (Å²) in [5, 5.41) is 12.1. The third kappa shape index (κ3) is 3.74. The highest BCUT2D eigenvalue weighted by Crippen LogP contribution is 2.29. The molecule has 0 spiro atoms. The van der Waals surface area contributed by atoms with E-state index >= 15 is 0 Å². The minimum atomic E-state index is 0.0189. The molecule has 0 bridgehead atoms. The molecule has 0 saturated heterocycles. The van der Waals surface area contributed by atoms with Gasteiger partial charge in [-0.05, 0) is 36.5 Å². The molecular formula is C14H20N2O2. The zero-order valence-electron chi connectivity index (χ0n) is 10.7. The van der Waals surface area contributed by atoms with Crippen LogP contribution in [0, 0.1) is 5.92 Å². The Balaban J connectivity index is 1.80. The summed E-state index contributed by atoms with van der Waals surface area (Å²) in [5.41, 5.74) is 1.72. The second kappa shape index (κ2) is 5.87. The molecule has 1 saturated carbocycles. The van der Waals surface area contributed by atoms with Crippen LogP contribution in [0.2, 0.25) is 0 Å². The maximum Gasteiger partial charge on any atom is 0.241 e. The van der Waals surface area contributed by atoms with Gasteiger partial charge in [-0.15, -0.1) is 0 Å². The van der Waals surface area contributed by atoms with Gasteiger partial charge in [-0.3, -0.25) is 4.79 Å². The molecule has 0 unspecified atom stereocenters. The highest BCUT2D eigenvalue weighted by atomic mass is 16.3. The lowest BCUT2D eigenvalue weighted by molar-refractivity contribution is -0.128. The normalized spacial score (nSPS) is 14.3. The number of nitrogens with zero attached hydrogens (tertiary/aromatic N) is 1. The third-order valence-corrected chi connectivity index (χ3v) is 3.21. The van der Waals surface area contributed by atoms with Crippen molar-refractivity contribution in [1.82, 2.24) is 4.90 Å². The summed E-state index contributed by atoms with van der Waals surface area (Å²) in [4.78, 5) is 13.6. The van der Waals surface area contributed by atoms with Gasteiger partial charge >= 0.3 is 0 Å². The van der Waals surface area contributed by atoms with Crippen LogP contribution in [0.15, 0.2) is 24.3 Å². The number of rotatable bonds is 6. The van der Waals surface area contributed by atoms with Crippen molar-refractivity contribution in [2.24, 2.45) is 5.92 Å². The number of benzene rings is 1. The van der Waals surface area contributed by atoms with Crippen LogP contribution in [0.5, 0.6) is 0 Å². The Morgan fingerprint density at radius 1 is 1.50 bits per heavy atom. The van der Waals surface area contributed by atoms with Crippen LogP contribution in [0.1, 0.15) is 18.4 Å². The van der Waals surface area contributed by atoms with Crippen molar-refractivity contribution < 1.29 is 9.90 Å². The molecule has 0 aliphatic heterocycles. The Kier molecular flexibility index (Phi) is 4.20. The largest absolute Gasteiger partial charge is 0.392 e. The molecule has 1 aromatic carbocycles. The SMILES string of the molecule is CN(CC1CC1)C(=O)CNc1cccc(CO)c1. The van der Waals surface area contributed by atoms with Crippen molar-refractivity contribution >= 4 is 11.6 Å². The van der Waals surface area contributed by atoms with Crippen LogP contribution >= 0.6 is 0 Å². The summed E-state index contributed by atoms with van der Waals surface area (Å²) in [6, 6.07) is 7.47. The van der Waals surface area contributed by atoms with Crippen LogP contribution in [-0.4, -0.2) is 36.1 Å². The van der Waals surface area contributed by atoms with Gasteiger partial charge in [-0.25, -0.2) is 0 Å². The molecule has 4 nitrogen and oxygen atoms in total. The number of anilines is 1. The first-order valence-corrected chi connectivity index (χ1v) is 6.36. The second-order valence-electron chi connectivity index (χ2n) is 4.93. The Labute approximate surface area is 108 Å². The first-order valence-electron chi connectivity index (χ1n) is 6.36. The van der Waals surface area contributed by atoms with E-state index in [2.05, 4.69) is 5.32 Å². The Morgan fingerprint density at radius 3 is 2.94 bits per heavy atom. The van der Waals surface area contributed by atoms with E-state index in [0.717, 1.165) is 23.7 Å². The van der Waals surface area contributed by atoms with Gasteiger partial charge in [-0.2, -0.15) is 0 Å². The van der Waals surface area contributed by atoms with E-state index in [0.29, 0.717) is 6.54 Å². The van der Waals surface area contributed by atoms with Gasteiger partial charge in [0.15, 0.2) is 0 Å². The highest BCUT2D eigenvalue weighted by molar-refractivity contribution is 5.80. The number of amides is 1. The van der Waals surface area contributed by atoms with E-state index in [1.54, 1.807) is 4.90 Å². The summed E-state index contributed by atoms with van der Waals surface area (Å²) in [6.07, 6.45) is 2.51. The van der Waals surface area contributed by atoms with Crippen molar-refractivity contribution in [2.45, 2.75) is 19.4 Å². The lowest BCUT2D eigenvalue weighted by atomic mass is 10.2. The summed E-state index contributed by atoms with van der Waals surface area (Å²) in [5.74, 6) is 0.827. The predicted octanol–water partition coefficient (Wildman–Crippen LogP) is 1.46. The maximum atomic E-state index is 11.8. The van der Waals surface area contributed by atoms with Gasteiger partial charge < -0.3 is 15.3 Å². The number of nitrogens with one attached hydrogen (secondary N) is 1. The maximum absolute atomic E-state index is 11.8. The van der Waals surface area contributed by atoms with Gasteiger partial charge in [0.2, 0.25) is 5.91 Å². The molecule has 98 valence electrons. The Morgan fingerprint density at radius 2 is 2.28 bits per heavy atom. The van der Waals surface area contributed by atoms with Gasteiger partial charge in [0.05, 0.1) is 13.2 Å². The zero-order chi connectivity index (χ0) is 13.0. The lowest BCUT2D eigenvalue weighted by Crippen LogP contribution is -2.33. The lowest BCUT2D eigenvalue weighted by Gasteiger charge is -2.17. The summed E-state index contributed by atoms with van der Waals surface area (Å²) < 4.78 is 0. The number of carbonyl (C=O) groups is 1. The average molecular weight is 248 g/mol. The number of carbonyl (C=O) groups excluding carboxylic acids is 1. The number of aliphatic hydroxyl groups excluding tert-OH is 1. The molecule has 1 aliphatic rings. The number of aliphatic hydroxyl groups is 1. The van der Waals surface area contributed by atoms with E-state index < -0.39 is 0 Å². The molecule has 1 aromatic rings. The molecule has 4 heteroatoms. The molecule has 2 N–H and O–H groups in total. The van der Waals surface area contributed by atoms with Gasteiger partial charge in [-0.1, -0.05) is 12.1 Å². The van der Waals surface area contributed by atoms with Crippen molar-refractivity contribution in [2.75, 3.05) is 25.5 Å². The quantitative estimate of drug-likeness (QED) is 0.801. The van der Waals surface area contributed by atoms with E-state index in [9.17, 15) is 4.79 Å². The monoisotopic (exact) mass is 248 g/mol. The number of hydrogen-bond acceptors (Lipinski definition) is 3. The first kappa shape index (κ1) is 12.9. The molecule has 0 heterocycles. The Hall–Kier alpha value is -1.55. The fourth-order valence-electron chi connectivity index (χ4n) is 1.88. The number of likely N-dealkylation sites (N-methyl/N-ethyl adjacent to an activating group) is 1. The fourth-order valence-corrected chi connectivity index (χ4v) is 1.88. The summed E-state index contributed by atoms with van der Waals surface area (Å²) >= 11 is 0. The average Bonchev–Trinajstić information content (AvgIpc) is 3.20. The van der Waals surface area contributed by atoms with Crippen molar-refractivity contribution in [3.63, 3.8) is 0 Å². The third-order valence-electron chi connectivity index (χ3n) is 3.21. The molecule has 0 atom stereocenters. The molecule has 2 rings (SSSR count). The van der Waals surface area contributed by atoms with Gasteiger partial charge in [0.1, 0.15) is 0 Å². The molecule has 0 aromatic heterocycles. The fraction of sp³-hybridized carbons (Fsp3) is 0.500. The molecule has 18 heavy (non-hydrogen) atoms. The first-order chi connectivity index (χ1) is 8.69. The van der Waals surface area contributed by atoms with Crippen LogP contribution < -0.4 is 5.32 Å². The number of hydrogen-bond donors (Lipinski definition) is 2. The van der Waals surface area contributed by atoms with E-state index in [1.807, 2.05) is 31.3 Å². The molecular weight excluding hydrogens is 228 g/mol. The van der Waals surface area contributed by atoms with Gasteiger partial charge in [0.25, 0.3) is 0 Å². The van der Waals surface area contributed by atoms with E-state index in [4.69, 9.17) is 5.11 Å². The van der Waals surface area contributed by atoms with Crippen molar-refractivity contribution in [3.8, 4) is 0 Å². The van der Waals surface area contributed by atoms with Crippen molar-refractivity contribution in [1.29, 1.82) is 0 Å². The van der Waals surface area contributed by atoms with Crippen LogP contribution in [0.25, 0.3) is 0 Å². The highest BCUT2D eigenvalue weighted by Gasteiger charge is 2.24. The van der Waals surface area contributed by atoms with Crippen LogP contribution in [0.3, 0.4) is 0 Å². The standard InChI is InChI=1S/C14H20N2O2/c1-16(9-11-5-6-11)14(18)8-15-13-4-2-3-12(7-13)10-17/h2-4,7,11,15,17H,5-6,8-10H2,1H3. The van der Waals surface area contributed by atoms with E-state index in [-0.39, 0.29) is 12.5 Å². The Bertz CT molecular complexity index is 416. The van der Waals surface area contributed by atoms with Gasteiger partial charge in [0, 0.05) is 19.3 Å². The minimum absolute atomic E-state index is 0.0189. The second-order valence-corrected chi connectivity index (χ2v) is 4.93. The van der Waals surface area contributed by atoms with Crippen molar-refractivity contribution in [3.05, 3.63) is 29.8 Å². The molecule has 1 amide bonds. The predicted molar refractivity (Wildman–Crippen MR) is 71.2 cm³/mol. The van der Waals surface area contributed by atoms with E-state index in [1.165, 1.54) is 12.8 Å². The topological polar surface area (TPSA) is 52.6 Å². The molecule has 1 aliphatic carbocycles. The summed E-state index contributed by atoms with van der Waals surface area (Å²) in [6.45, 7) is 1.19. The minimum Gasteiger partial charge on any atom is -0.392 e. The molecule has 0 radical (unpaired) electrons. The van der Waals surface area contributed by atoms with Crippen LogP contribution in [0.4, 0.5) is 5.69 Å². The zero-order valence-corrected chi connectivity index (χ0v) is 10.7.